The van der Waals surface area contributed by atoms with Crippen LogP contribution < -0.4 is 5.32 Å². The van der Waals surface area contributed by atoms with Gasteiger partial charge in [0, 0.05) is 36.0 Å². The molecule has 1 amide bonds. The van der Waals surface area contributed by atoms with Crippen molar-refractivity contribution in [1.82, 2.24) is 15.2 Å². The van der Waals surface area contributed by atoms with Crippen molar-refractivity contribution in [3.8, 4) is 0 Å². The van der Waals surface area contributed by atoms with Gasteiger partial charge < -0.3 is 15.2 Å². The molecule has 3 heterocycles. The largest absolute Gasteiger partial charge is 0.350 e. The molecule has 0 saturated carbocycles. The summed E-state index contributed by atoms with van der Waals surface area (Å²) in [4.78, 5) is 18.6. The van der Waals surface area contributed by atoms with Gasteiger partial charge in [-0.2, -0.15) is 0 Å². The summed E-state index contributed by atoms with van der Waals surface area (Å²) in [6.45, 7) is 6.07. The molecule has 1 atom stereocenters. The number of fused-ring (bicyclic) bond motifs is 1. The van der Waals surface area contributed by atoms with E-state index in [9.17, 15) is 4.79 Å². The van der Waals surface area contributed by atoms with Gasteiger partial charge >= 0.3 is 0 Å². The Labute approximate surface area is 137 Å². The summed E-state index contributed by atoms with van der Waals surface area (Å²) >= 11 is 0. The van der Waals surface area contributed by atoms with Crippen LogP contribution in [0.25, 0.3) is 10.9 Å². The van der Waals surface area contributed by atoms with E-state index >= 15 is 0 Å². The first-order valence-electron chi connectivity index (χ1n) is 8.82. The van der Waals surface area contributed by atoms with Crippen molar-refractivity contribution in [2.24, 2.45) is 5.41 Å². The standard InChI is InChI=1S/C19H25N3O/c1-2-14-15-6-3-4-7-16(15)21-17(14)18(23)22-11-5-8-19(13-22)9-10-20-12-19/h3-4,6-7,20-21H,2,5,8-13H2,1H3/t19-/m0/s1. The van der Waals surface area contributed by atoms with Crippen molar-refractivity contribution >= 4 is 16.8 Å². The molecule has 2 N–H and O–H groups in total. The molecular formula is C19H25N3O. The third-order valence-corrected chi connectivity index (χ3v) is 5.66. The van der Waals surface area contributed by atoms with Crippen LogP contribution in [0.3, 0.4) is 0 Å². The number of likely N-dealkylation sites (tertiary alicyclic amines) is 1. The van der Waals surface area contributed by atoms with Crippen LogP contribution in [-0.2, 0) is 6.42 Å². The highest BCUT2D eigenvalue weighted by Gasteiger charge is 2.40. The maximum absolute atomic E-state index is 13.2. The van der Waals surface area contributed by atoms with Gasteiger partial charge in [0.15, 0.2) is 0 Å². The van der Waals surface area contributed by atoms with E-state index in [2.05, 4.69) is 34.3 Å². The van der Waals surface area contributed by atoms with E-state index in [1.165, 1.54) is 18.2 Å². The average molecular weight is 311 g/mol. The van der Waals surface area contributed by atoms with Gasteiger partial charge in [0.1, 0.15) is 5.69 Å². The number of hydrogen-bond acceptors (Lipinski definition) is 2. The molecule has 1 aromatic heterocycles. The zero-order valence-electron chi connectivity index (χ0n) is 13.8. The van der Waals surface area contributed by atoms with Crippen molar-refractivity contribution in [2.75, 3.05) is 26.2 Å². The van der Waals surface area contributed by atoms with Gasteiger partial charge in [0.2, 0.25) is 0 Å². The molecule has 2 aromatic rings. The summed E-state index contributed by atoms with van der Waals surface area (Å²) in [7, 11) is 0. The second-order valence-electron chi connectivity index (χ2n) is 7.13. The van der Waals surface area contributed by atoms with E-state index in [0.29, 0.717) is 5.41 Å². The van der Waals surface area contributed by atoms with Gasteiger partial charge in [-0.25, -0.2) is 0 Å². The lowest BCUT2D eigenvalue weighted by Crippen LogP contribution is -2.47. The smallest absolute Gasteiger partial charge is 0.270 e. The molecule has 23 heavy (non-hydrogen) atoms. The molecular weight excluding hydrogens is 286 g/mol. The van der Waals surface area contributed by atoms with Crippen LogP contribution in [-0.4, -0.2) is 42.0 Å². The molecule has 0 aliphatic carbocycles. The Balaban J connectivity index is 1.66. The van der Waals surface area contributed by atoms with Crippen LogP contribution in [0.5, 0.6) is 0 Å². The number of piperidine rings is 1. The first kappa shape index (κ1) is 14.8. The Kier molecular flexibility index (Phi) is 3.64. The molecule has 122 valence electrons. The SMILES string of the molecule is CCc1c(C(=O)N2CCC[C@@]3(CCNC3)C2)[nH]c2ccccc12. The summed E-state index contributed by atoms with van der Waals surface area (Å²) in [6.07, 6.45) is 4.45. The van der Waals surface area contributed by atoms with Crippen LogP contribution in [0.15, 0.2) is 24.3 Å². The number of aromatic amines is 1. The highest BCUT2D eigenvalue weighted by molar-refractivity contribution is 6.01. The van der Waals surface area contributed by atoms with Crippen molar-refractivity contribution < 1.29 is 4.79 Å². The van der Waals surface area contributed by atoms with Gasteiger partial charge in [-0.3, -0.25) is 4.79 Å². The molecule has 4 rings (SSSR count). The predicted molar refractivity (Wildman–Crippen MR) is 92.7 cm³/mol. The third kappa shape index (κ3) is 2.45. The van der Waals surface area contributed by atoms with Crippen molar-refractivity contribution in [3.05, 3.63) is 35.5 Å². The number of benzene rings is 1. The van der Waals surface area contributed by atoms with Gasteiger partial charge in [0.25, 0.3) is 5.91 Å². The number of para-hydroxylation sites is 1. The number of H-pyrrole nitrogens is 1. The number of nitrogens with zero attached hydrogens (tertiary/aromatic N) is 1. The topological polar surface area (TPSA) is 48.1 Å². The van der Waals surface area contributed by atoms with Gasteiger partial charge in [0.05, 0.1) is 0 Å². The van der Waals surface area contributed by atoms with Crippen LogP contribution in [0, 0.1) is 5.41 Å². The second-order valence-corrected chi connectivity index (χ2v) is 7.13. The normalized spacial score (nSPS) is 24.7. The van der Waals surface area contributed by atoms with Crippen LogP contribution in [0.2, 0.25) is 0 Å². The Hall–Kier alpha value is -1.81. The Morgan fingerprint density at radius 2 is 2.17 bits per heavy atom. The number of rotatable bonds is 2. The van der Waals surface area contributed by atoms with E-state index < -0.39 is 0 Å². The van der Waals surface area contributed by atoms with Crippen LogP contribution >= 0.6 is 0 Å². The van der Waals surface area contributed by atoms with Gasteiger partial charge in [-0.15, -0.1) is 0 Å². The quantitative estimate of drug-likeness (QED) is 0.896. The fraction of sp³-hybridized carbons (Fsp3) is 0.526. The summed E-state index contributed by atoms with van der Waals surface area (Å²) < 4.78 is 0. The maximum atomic E-state index is 13.2. The fourth-order valence-electron chi connectivity index (χ4n) is 4.43. The lowest BCUT2D eigenvalue weighted by molar-refractivity contribution is 0.0548. The molecule has 2 fully saturated rings. The molecule has 0 unspecified atom stereocenters. The first-order chi connectivity index (χ1) is 11.2. The number of carbonyl (C=O) groups is 1. The zero-order chi connectivity index (χ0) is 15.9. The van der Waals surface area contributed by atoms with E-state index in [-0.39, 0.29) is 5.91 Å². The van der Waals surface area contributed by atoms with Gasteiger partial charge in [-0.05, 0) is 43.9 Å². The monoisotopic (exact) mass is 311 g/mol. The highest BCUT2D eigenvalue weighted by Crippen LogP contribution is 2.36. The summed E-state index contributed by atoms with van der Waals surface area (Å²) in [5.41, 5.74) is 3.35. The number of carbonyl (C=O) groups excluding carboxylic acids is 1. The Morgan fingerprint density at radius 1 is 1.30 bits per heavy atom. The lowest BCUT2D eigenvalue weighted by Gasteiger charge is -2.40. The molecule has 0 radical (unpaired) electrons. The van der Waals surface area contributed by atoms with Crippen LogP contribution in [0.4, 0.5) is 0 Å². The van der Waals surface area contributed by atoms with Crippen molar-refractivity contribution in [3.63, 3.8) is 0 Å². The number of hydrogen-bond donors (Lipinski definition) is 2. The molecule has 4 heteroatoms. The molecule has 1 aromatic carbocycles. The lowest BCUT2D eigenvalue weighted by atomic mass is 9.79. The molecule has 2 aliphatic heterocycles. The summed E-state index contributed by atoms with van der Waals surface area (Å²) in [5, 5.41) is 4.67. The van der Waals surface area contributed by atoms with E-state index in [0.717, 1.165) is 55.8 Å². The van der Waals surface area contributed by atoms with Crippen molar-refractivity contribution in [2.45, 2.75) is 32.6 Å². The van der Waals surface area contributed by atoms with Crippen molar-refractivity contribution in [1.29, 1.82) is 0 Å². The van der Waals surface area contributed by atoms with Gasteiger partial charge in [-0.1, -0.05) is 25.1 Å². The van der Waals surface area contributed by atoms with E-state index in [1.807, 2.05) is 12.1 Å². The Morgan fingerprint density at radius 3 is 2.96 bits per heavy atom. The first-order valence-corrected chi connectivity index (χ1v) is 8.82. The van der Waals surface area contributed by atoms with E-state index in [4.69, 9.17) is 0 Å². The molecule has 4 nitrogen and oxygen atoms in total. The number of nitrogens with one attached hydrogen (secondary N) is 2. The zero-order valence-corrected chi connectivity index (χ0v) is 13.8. The second kappa shape index (κ2) is 5.68. The third-order valence-electron chi connectivity index (χ3n) is 5.66. The number of aromatic nitrogens is 1. The fourth-order valence-corrected chi connectivity index (χ4v) is 4.43. The molecule has 2 aliphatic rings. The van der Waals surface area contributed by atoms with E-state index in [1.54, 1.807) is 0 Å². The summed E-state index contributed by atoms with van der Waals surface area (Å²) in [5.74, 6) is 0.184. The molecule has 2 saturated heterocycles. The average Bonchev–Trinajstić information content (AvgIpc) is 3.18. The number of amides is 1. The van der Waals surface area contributed by atoms with Crippen LogP contribution in [0.1, 0.15) is 42.2 Å². The molecule has 0 bridgehead atoms. The minimum absolute atomic E-state index is 0.184. The minimum Gasteiger partial charge on any atom is -0.350 e. The summed E-state index contributed by atoms with van der Waals surface area (Å²) in [6, 6.07) is 8.24. The minimum atomic E-state index is 0.184. The molecule has 1 spiro atoms. The Bertz CT molecular complexity index is 727. The highest BCUT2D eigenvalue weighted by atomic mass is 16.2. The number of aryl methyl sites for hydroxylation is 1. The maximum Gasteiger partial charge on any atom is 0.270 e. The predicted octanol–water partition coefficient (Wildman–Crippen LogP) is 2.95.